The highest BCUT2D eigenvalue weighted by Crippen LogP contribution is 2.28. The summed E-state index contributed by atoms with van der Waals surface area (Å²) in [6.45, 7) is 15.8. The van der Waals surface area contributed by atoms with Crippen molar-refractivity contribution in [3.8, 4) is 6.07 Å². The molecule has 0 radical (unpaired) electrons. The quantitative estimate of drug-likeness (QED) is 0.155. The van der Waals surface area contributed by atoms with E-state index >= 15 is 0 Å². The molecule has 0 heterocycles. The highest BCUT2D eigenvalue weighted by atomic mass is 14.7. The fourth-order valence-electron chi connectivity index (χ4n) is 3.94. The maximum atomic E-state index is 8.76. The van der Waals surface area contributed by atoms with Crippen molar-refractivity contribution in [3.63, 3.8) is 0 Å². The van der Waals surface area contributed by atoms with Gasteiger partial charge in [0.2, 0.25) is 6.04 Å². The van der Waals surface area contributed by atoms with Crippen LogP contribution in [0.1, 0.15) is 77.2 Å². The van der Waals surface area contributed by atoms with Crippen molar-refractivity contribution in [1.29, 1.82) is 5.26 Å². The van der Waals surface area contributed by atoms with Crippen LogP contribution < -0.4 is 0 Å². The van der Waals surface area contributed by atoms with Crippen LogP contribution in [0.15, 0.2) is 55.1 Å². The van der Waals surface area contributed by atoms with E-state index in [1.165, 1.54) is 18.4 Å². The van der Waals surface area contributed by atoms with Crippen LogP contribution in [0.3, 0.4) is 0 Å². The van der Waals surface area contributed by atoms with Crippen LogP contribution in [0.25, 0.3) is 4.85 Å². The molecule has 1 aromatic rings. The first-order valence-electron chi connectivity index (χ1n) is 11.7. The van der Waals surface area contributed by atoms with E-state index < -0.39 is 0 Å². The van der Waals surface area contributed by atoms with Crippen molar-refractivity contribution < 1.29 is 0 Å². The Labute approximate surface area is 185 Å². The van der Waals surface area contributed by atoms with Gasteiger partial charge >= 0.3 is 0 Å². The smallest absolute Gasteiger partial charge is 0.223 e. The number of hydrogen-bond acceptors (Lipinski definition) is 1. The average molecular weight is 405 g/mol. The monoisotopic (exact) mass is 404 g/mol. The van der Waals surface area contributed by atoms with Gasteiger partial charge in [-0.25, -0.2) is 6.57 Å². The van der Waals surface area contributed by atoms with E-state index in [-0.39, 0.29) is 6.04 Å². The molecule has 0 spiro atoms. The van der Waals surface area contributed by atoms with Crippen molar-refractivity contribution in [1.82, 2.24) is 0 Å². The van der Waals surface area contributed by atoms with Crippen LogP contribution in [0.2, 0.25) is 0 Å². The first-order chi connectivity index (χ1) is 14.6. The molecule has 0 fully saturated rings. The Hall–Kier alpha value is -2.32. The molecule has 0 N–H and O–H groups in total. The van der Waals surface area contributed by atoms with Gasteiger partial charge in [0.15, 0.2) is 0 Å². The van der Waals surface area contributed by atoms with Crippen LogP contribution in [-0.2, 0) is 6.42 Å². The lowest BCUT2D eigenvalue weighted by molar-refractivity contribution is 0.335. The number of benzene rings is 1. The van der Waals surface area contributed by atoms with Gasteiger partial charge in [0.1, 0.15) is 0 Å². The molecule has 0 aliphatic carbocycles. The molecule has 0 bridgehead atoms. The number of unbranched alkanes of at least 4 members (excludes halogenated alkanes) is 1. The van der Waals surface area contributed by atoms with E-state index in [0.717, 1.165) is 44.9 Å². The van der Waals surface area contributed by atoms with Gasteiger partial charge in [-0.3, -0.25) is 0 Å². The molecule has 0 saturated carbocycles. The Morgan fingerprint density at radius 2 is 1.77 bits per heavy atom. The van der Waals surface area contributed by atoms with Gasteiger partial charge in [0.25, 0.3) is 0 Å². The molecule has 0 saturated heterocycles. The Balaban J connectivity index is 2.33. The van der Waals surface area contributed by atoms with Gasteiger partial charge < -0.3 is 4.85 Å². The van der Waals surface area contributed by atoms with Gasteiger partial charge in [-0.1, -0.05) is 61.9 Å². The summed E-state index contributed by atoms with van der Waals surface area (Å²) in [4.78, 5) is 3.82. The van der Waals surface area contributed by atoms with Crippen molar-refractivity contribution >= 4 is 0 Å². The van der Waals surface area contributed by atoms with Gasteiger partial charge in [-0.15, -0.1) is 6.58 Å². The predicted octanol–water partition coefficient (Wildman–Crippen LogP) is 8.18. The minimum Gasteiger partial charge on any atom is -0.314 e. The largest absolute Gasteiger partial charge is 0.314 e. The zero-order chi connectivity index (χ0) is 22.0. The number of rotatable bonds is 16. The second kappa shape index (κ2) is 16.5. The number of nitrogens with zero attached hydrogens (tertiary/aromatic N) is 2. The highest BCUT2D eigenvalue weighted by Gasteiger charge is 2.23. The van der Waals surface area contributed by atoms with Crippen LogP contribution in [0, 0.1) is 35.7 Å². The maximum Gasteiger partial charge on any atom is 0.223 e. The molecular formula is C28H40N2. The molecule has 1 rings (SSSR count). The third-order valence-corrected chi connectivity index (χ3v) is 6.22. The van der Waals surface area contributed by atoms with Crippen LogP contribution in [-0.4, -0.2) is 6.04 Å². The lowest BCUT2D eigenvalue weighted by Crippen LogP contribution is -2.16. The van der Waals surface area contributed by atoms with Crippen LogP contribution >= 0.6 is 0 Å². The van der Waals surface area contributed by atoms with Crippen molar-refractivity contribution in [2.45, 2.75) is 84.1 Å². The lowest BCUT2D eigenvalue weighted by Gasteiger charge is -2.20. The summed E-state index contributed by atoms with van der Waals surface area (Å²) in [6.07, 6.45) is 17.3. The van der Waals surface area contributed by atoms with Gasteiger partial charge in [0.05, 0.1) is 6.07 Å². The molecular weight excluding hydrogens is 364 g/mol. The Kier molecular flexibility index (Phi) is 14.1. The zero-order valence-electron chi connectivity index (χ0n) is 19.1. The topological polar surface area (TPSA) is 28.1 Å². The summed E-state index contributed by atoms with van der Waals surface area (Å²) in [5, 5.41) is 8.76. The summed E-state index contributed by atoms with van der Waals surface area (Å²) >= 11 is 0. The molecule has 0 aliphatic heterocycles. The minimum absolute atomic E-state index is 0.0829. The second-order valence-corrected chi connectivity index (χ2v) is 8.67. The van der Waals surface area contributed by atoms with Crippen LogP contribution in [0.5, 0.6) is 0 Å². The molecule has 1 aromatic carbocycles. The first-order valence-corrected chi connectivity index (χ1v) is 11.7. The van der Waals surface area contributed by atoms with Gasteiger partial charge in [-0.05, 0) is 68.8 Å². The summed E-state index contributed by atoms with van der Waals surface area (Å²) in [5.41, 5.74) is 1.36. The third-order valence-electron chi connectivity index (χ3n) is 6.22. The van der Waals surface area contributed by atoms with E-state index in [9.17, 15) is 0 Å². The van der Waals surface area contributed by atoms with E-state index in [1.807, 2.05) is 0 Å². The highest BCUT2D eigenvalue weighted by molar-refractivity contribution is 5.17. The van der Waals surface area contributed by atoms with Crippen LogP contribution in [0.4, 0.5) is 0 Å². The van der Waals surface area contributed by atoms with Crippen molar-refractivity contribution in [3.05, 3.63) is 72.1 Å². The Morgan fingerprint density at radius 1 is 1.03 bits per heavy atom. The molecule has 4 atom stereocenters. The first kappa shape index (κ1) is 25.7. The van der Waals surface area contributed by atoms with Crippen molar-refractivity contribution in [2.24, 2.45) is 17.8 Å². The number of hydrogen-bond donors (Lipinski definition) is 0. The molecule has 2 heteroatoms. The van der Waals surface area contributed by atoms with Crippen molar-refractivity contribution in [2.75, 3.05) is 0 Å². The minimum atomic E-state index is 0.0829. The fourth-order valence-corrected chi connectivity index (χ4v) is 3.94. The maximum absolute atomic E-state index is 8.76. The fraction of sp³-hybridized carbons (Fsp3) is 0.571. The second-order valence-electron chi connectivity index (χ2n) is 8.67. The summed E-state index contributed by atoms with van der Waals surface area (Å²) in [6, 6.07) is 12.9. The summed E-state index contributed by atoms with van der Waals surface area (Å²) < 4.78 is 0. The van der Waals surface area contributed by atoms with Gasteiger partial charge in [-0.2, -0.15) is 5.26 Å². The molecule has 0 aliphatic rings. The van der Waals surface area contributed by atoms with E-state index in [1.54, 1.807) is 0 Å². The predicted molar refractivity (Wildman–Crippen MR) is 129 cm³/mol. The van der Waals surface area contributed by atoms with Gasteiger partial charge in [0, 0.05) is 19.3 Å². The molecule has 0 aromatic heterocycles. The lowest BCUT2D eigenvalue weighted by atomic mass is 9.84. The standard InChI is InChI=1S/C28H40N2/c1-5-26(15-9-6-7-10-16-27-17-11-8-12-18-27)20-22-28(25(3)30-4)21-19-24(2)14-13-23-29/h5,7-8,10-12,17-18,24-26,28H,1,6,9,13-16,19-22H2,2-3H3. The SMILES string of the molecule is [C-]#[N+]C(C)C(CCC(C)CCC#N)CCC(C=C)CCCC=CCc1ccccc1. The Bertz CT molecular complexity index is 677. The average Bonchev–Trinajstić information content (AvgIpc) is 2.78. The molecule has 162 valence electrons. The molecule has 30 heavy (non-hydrogen) atoms. The van der Waals surface area contributed by atoms with E-state index in [4.69, 9.17) is 11.8 Å². The summed E-state index contributed by atoms with van der Waals surface area (Å²) in [5.74, 6) is 1.58. The normalized spacial score (nSPS) is 15.1. The van der Waals surface area contributed by atoms with E-state index in [2.05, 4.69) is 79.9 Å². The zero-order valence-corrected chi connectivity index (χ0v) is 19.1. The molecule has 2 nitrogen and oxygen atoms in total. The molecule has 4 unspecified atom stereocenters. The number of allylic oxidation sites excluding steroid dienone is 3. The molecule has 0 amide bonds. The third kappa shape index (κ3) is 11.6. The summed E-state index contributed by atoms with van der Waals surface area (Å²) in [7, 11) is 0. The van der Waals surface area contributed by atoms with E-state index in [0.29, 0.717) is 24.2 Å². The Morgan fingerprint density at radius 3 is 2.43 bits per heavy atom. The number of nitriles is 1.